The minimum atomic E-state index is -1.49. The number of carbonyl (C=O) groups is 4. The molecule has 0 aliphatic rings. The predicted molar refractivity (Wildman–Crippen MR) is 74.9 cm³/mol. The second kappa shape index (κ2) is 8.40. The maximum absolute atomic E-state index is 11.7. The van der Waals surface area contributed by atoms with Crippen LogP contribution in [-0.2, 0) is 25.7 Å². The molecule has 0 aliphatic carbocycles. The van der Waals surface area contributed by atoms with Crippen molar-refractivity contribution >= 4 is 23.8 Å². The summed E-state index contributed by atoms with van der Waals surface area (Å²) in [7, 11) is 1.23. The van der Waals surface area contributed by atoms with Gasteiger partial charge in [-0.3, -0.25) is 14.4 Å². The molecule has 1 unspecified atom stereocenters. The number of benzene rings is 1. The number of Topliss-reactive ketones (excluding diaryl/α,β-unsaturated/α-hetero) is 1. The normalized spacial score (nSPS) is 11.1. The quantitative estimate of drug-likeness (QED) is 0.613. The zero-order valence-electron chi connectivity index (χ0n) is 11.9. The molecule has 0 saturated heterocycles. The summed E-state index contributed by atoms with van der Waals surface area (Å²) in [4.78, 5) is 45.2. The number of ether oxygens (including phenoxy) is 1. The van der Waals surface area contributed by atoms with Gasteiger partial charge >= 0.3 is 12.1 Å². The minimum absolute atomic E-state index is 0.0410. The topological polar surface area (TPSA) is 122 Å². The third-order valence-electron chi connectivity index (χ3n) is 2.65. The molecule has 0 radical (unpaired) electrons. The van der Waals surface area contributed by atoms with E-state index in [1.54, 1.807) is 30.3 Å². The van der Waals surface area contributed by atoms with Gasteiger partial charge < -0.3 is 20.5 Å². The molecule has 0 heterocycles. The Hall–Kier alpha value is -2.90. The Kier molecular flexibility index (Phi) is 6.55. The number of hydrogen-bond donors (Lipinski definition) is 3. The molecule has 0 saturated carbocycles. The van der Waals surface area contributed by atoms with Crippen LogP contribution in [0.5, 0.6) is 0 Å². The number of nitrogens with one attached hydrogen (secondary N) is 2. The molecule has 118 valence electrons. The molecule has 1 atom stereocenters. The van der Waals surface area contributed by atoms with E-state index in [1.165, 1.54) is 7.05 Å². The lowest BCUT2D eigenvalue weighted by atomic mass is 10.1. The molecule has 8 nitrogen and oxygen atoms in total. The van der Waals surface area contributed by atoms with E-state index in [0.717, 1.165) is 5.56 Å². The highest BCUT2D eigenvalue weighted by Crippen LogP contribution is 2.02. The summed E-state index contributed by atoms with van der Waals surface area (Å²) in [6.07, 6.45) is -1.69. The van der Waals surface area contributed by atoms with Crippen molar-refractivity contribution in [3.8, 4) is 0 Å². The van der Waals surface area contributed by atoms with Crippen LogP contribution in [0.25, 0.3) is 0 Å². The maximum atomic E-state index is 11.7. The van der Waals surface area contributed by atoms with Gasteiger partial charge in [-0.1, -0.05) is 30.3 Å². The first-order chi connectivity index (χ1) is 10.4. The van der Waals surface area contributed by atoms with Gasteiger partial charge in [0, 0.05) is 7.05 Å². The summed E-state index contributed by atoms with van der Waals surface area (Å²) in [5.74, 6) is -3.37. The lowest BCUT2D eigenvalue weighted by molar-refractivity contribution is -0.142. The van der Waals surface area contributed by atoms with E-state index in [9.17, 15) is 19.2 Å². The van der Waals surface area contributed by atoms with Gasteiger partial charge in [0.1, 0.15) is 12.6 Å². The number of rotatable bonds is 7. The SMILES string of the molecule is CNC(=O)C(=O)C(CC(=O)O)NC(=O)OCc1ccccc1. The fourth-order valence-corrected chi connectivity index (χ4v) is 1.57. The van der Waals surface area contributed by atoms with E-state index < -0.39 is 36.2 Å². The molecule has 22 heavy (non-hydrogen) atoms. The highest BCUT2D eigenvalue weighted by molar-refractivity contribution is 6.38. The van der Waals surface area contributed by atoms with Gasteiger partial charge in [-0.05, 0) is 5.56 Å². The number of carboxylic acid groups (broad SMARTS) is 1. The molecule has 1 rings (SSSR count). The van der Waals surface area contributed by atoms with E-state index >= 15 is 0 Å². The van der Waals surface area contributed by atoms with E-state index in [4.69, 9.17) is 9.84 Å². The van der Waals surface area contributed by atoms with Crippen molar-refractivity contribution in [2.24, 2.45) is 0 Å². The van der Waals surface area contributed by atoms with Gasteiger partial charge in [0.05, 0.1) is 6.42 Å². The molecule has 0 spiro atoms. The molecule has 2 amide bonds. The van der Waals surface area contributed by atoms with Crippen LogP contribution in [0.4, 0.5) is 4.79 Å². The van der Waals surface area contributed by atoms with Gasteiger partial charge in [-0.25, -0.2) is 4.79 Å². The molecule has 8 heteroatoms. The molecule has 3 N–H and O–H groups in total. The van der Waals surface area contributed by atoms with Crippen LogP contribution in [0.1, 0.15) is 12.0 Å². The number of carboxylic acids is 1. The van der Waals surface area contributed by atoms with Crippen LogP contribution in [-0.4, -0.2) is 41.9 Å². The molecule has 1 aromatic carbocycles. The van der Waals surface area contributed by atoms with Crippen molar-refractivity contribution in [1.82, 2.24) is 10.6 Å². The summed E-state index contributed by atoms with van der Waals surface area (Å²) < 4.78 is 4.88. The van der Waals surface area contributed by atoms with Gasteiger partial charge in [0.25, 0.3) is 5.91 Å². The Labute approximate surface area is 126 Å². The zero-order valence-corrected chi connectivity index (χ0v) is 11.9. The Morgan fingerprint density at radius 3 is 2.36 bits per heavy atom. The Balaban J connectivity index is 2.60. The van der Waals surface area contributed by atoms with Crippen LogP contribution in [0.2, 0.25) is 0 Å². The number of alkyl carbamates (subject to hydrolysis) is 1. The van der Waals surface area contributed by atoms with Crippen molar-refractivity contribution in [2.45, 2.75) is 19.1 Å². The predicted octanol–water partition coefficient (Wildman–Crippen LogP) is 0.0712. The summed E-state index contributed by atoms with van der Waals surface area (Å²) in [5.41, 5.74) is 0.727. The van der Waals surface area contributed by atoms with Gasteiger partial charge in [0.15, 0.2) is 0 Å². The number of aliphatic carboxylic acids is 1. The fraction of sp³-hybridized carbons (Fsp3) is 0.286. The lowest BCUT2D eigenvalue weighted by Crippen LogP contribution is -2.48. The highest BCUT2D eigenvalue weighted by atomic mass is 16.5. The molecule has 1 aromatic rings. The van der Waals surface area contributed by atoms with E-state index in [2.05, 4.69) is 10.6 Å². The first-order valence-corrected chi connectivity index (χ1v) is 6.39. The van der Waals surface area contributed by atoms with Crippen LogP contribution in [0.15, 0.2) is 30.3 Å². The molecule has 0 fully saturated rings. The van der Waals surface area contributed by atoms with Gasteiger partial charge in [-0.15, -0.1) is 0 Å². The van der Waals surface area contributed by atoms with E-state index in [0.29, 0.717) is 0 Å². The summed E-state index contributed by atoms with van der Waals surface area (Å²) >= 11 is 0. The number of amides is 2. The third kappa shape index (κ3) is 5.61. The van der Waals surface area contributed by atoms with Crippen molar-refractivity contribution < 1.29 is 29.0 Å². The maximum Gasteiger partial charge on any atom is 0.408 e. The first-order valence-electron chi connectivity index (χ1n) is 6.39. The van der Waals surface area contributed by atoms with Crippen LogP contribution >= 0.6 is 0 Å². The second-order valence-electron chi connectivity index (χ2n) is 4.30. The summed E-state index contributed by atoms with van der Waals surface area (Å²) in [5, 5.41) is 12.9. The van der Waals surface area contributed by atoms with Gasteiger partial charge in [0.2, 0.25) is 5.78 Å². The Morgan fingerprint density at radius 2 is 1.82 bits per heavy atom. The molecular weight excluding hydrogens is 292 g/mol. The van der Waals surface area contributed by atoms with E-state index in [1.807, 2.05) is 0 Å². The van der Waals surface area contributed by atoms with Crippen molar-refractivity contribution in [1.29, 1.82) is 0 Å². The first kappa shape index (κ1) is 17.2. The lowest BCUT2D eigenvalue weighted by Gasteiger charge is -2.15. The fourth-order valence-electron chi connectivity index (χ4n) is 1.57. The molecule has 0 aromatic heterocycles. The monoisotopic (exact) mass is 308 g/mol. The summed E-state index contributed by atoms with van der Waals surface area (Å²) in [6, 6.07) is 7.31. The van der Waals surface area contributed by atoms with Crippen LogP contribution in [0.3, 0.4) is 0 Å². The average Bonchev–Trinajstić information content (AvgIpc) is 2.51. The molecular formula is C14H16N2O6. The molecule has 0 aliphatic heterocycles. The second-order valence-corrected chi connectivity index (χ2v) is 4.30. The third-order valence-corrected chi connectivity index (χ3v) is 2.65. The molecule has 0 bridgehead atoms. The van der Waals surface area contributed by atoms with Gasteiger partial charge in [-0.2, -0.15) is 0 Å². The highest BCUT2D eigenvalue weighted by Gasteiger charge is 2.28. The number of hydrogen-bond acceptors (Lipinski definition) is 5. The van der Waals surface area contributed by atoms with E-state index in [-0.39, 0.29) is 6.61 Å². The van der Waals surface area contributed by atoms with Crippen molar-refractivity contribution in [3.63, 3.8) is 0 Å². The smallest absolute Gasteiger partial charge is 0.408 e. The average molecular weight is 308 g/mol. The zero-order chi connectivity index (χ0) is 16.5. The standard InChI is InChI=1S/C14H16N2O6/c1-15-13(20)12(19)10(7-11(17)18)16-14(21)22-8-9-5-3-2-4-6-9/h2-6,10H,7-8H2,1H3,(H,15,20)(H,16,21)(H,17,18). The number of likely N-dealkylation sites (N-methyl/N-ethyl adjacent to an activating group) is 1. The largest absolute Gasteiger partial charge is 0.481 e. The minimum Gasteiger partial charge on any atom is -0.481 e. The van der Waals surface area contributed by atoms with Crippen LogP contribution in [0, 0.1) is 0 Å². The summed E-state index contributed by atoms with van der Waals surface area (Å²) in [6.45, 7) is -0.0410. The van der Waals surface area contributed by atoms with Crippen LogP contribution < -0.4 is 10.6 Å². The number of carbonyl (C=O) groups excluding carboxylic acids is 3. The Morgan fingerprint density at radius 1 is 1.18 bits per heavy atom. The van der Waals surface area contributed by atoms with Crippen molar-refractivity contribution in [3.05, 3.63) is 35.9 Å². The number of ketones is 1. The Bertz CT molecular complexity index is 558. The van der Waals surface area contributed by atoms with Crippen molar-refractivity contribution in [2.75, 3.05) is 7.05 Å².